The molecule has 2 nitrogen and oxygen atoms in total. The van der Waals surface area contributed by atoms with Crippen molar-refractivity contribution in [3.8, 4) is 0 Å². The molecule has 0 heterocycles. The van der Waals surface area contributed by atoms with E-state index < -0.39 is 0 Å². The van der Waals surface area contributed by atoms with Gasteiger partial charge in [0.05, 0.1) is 0 Å². The van der Waals surface area contributed by atoms with E-state index in [1.54, 1.807) is 0 Å². The van der Waals surface area contributed by atoms with Crippen molar-refractivity contribution in [3.05, 3.63) is 0 Å². The van der Waals surface area contributed by atoms with Gasteiger partial charge < -0.3 is 10.6 Å². The molecule has 19 heavy (non-hydrogen) atoms. The van der Waals surface area contributed by atoms with Crippen molar-refractivity contribution in [2.45, 2.75) is 71.8 Å². The Hall–Kier alpha value is -0.0800. The second-order valence-corrected chi connectivity index (χ2v) is 7.03. The summed E-state index contributed by atoms with van der Waals surface area (Å²) in [6.45, 7) is 9.23. The Morgan fingerprint density at radius 2 is 1.84 bits per heavy atom. The largest absolute Gasteiger partial charge is 0.330 e. The first-order chi connectivity index (χ1) is 9.06. The van der Waals surface area contributed by atoms with Crippen LogP contribution in [0.1, 0.15) is 65.7 Å². The quantitative estimate of drug-likeness (QED) is 0.723. The second kappa shape index (κ2) is 8.97. The molecule has 0 radical (unpaired) electrons. The third-order valence-electron chi connectivity index (χ3n) is 5.20. The lowest BCUT2D eigenvalue weighted by atomic mass is 9.84. The first-order valence-electron chi connectivity index (χ1n) is 8.46. The molecule has 1 saturated carbocycles. The van der Waals surface area contributed by atoms with Crippen molar-refractivity contribution in [3.63, 3.8) is 0 Å². The van der Waals surface area contributed by atoms with Crippen LogP contribution in [0.15, 0.2) is 0 Å². The molecule has 0 aromatic heterocycles. The molecule has 3 atom stereocenters. The fourth-order valence-electron chi connectivity index (χ4n) is 3.75. The van der Waals surface area contributed by atoms with Gasteiger partial charge in [0.25, 0.3) is 0 Å². The average Bonchev–Trinajstić information content (AvgIpc) is 2.37. The summed E-state index contributed by atoms with van der Waals surface area (Å²) in [6, 6.07) is 0.834. The third-order valence-corrected chi connectivity index (χ3v) is 5.20. The Labute approximate surface area is 121 Å². The zero-order valence-corrected chi connectivity index (χ0v) is 13.7. The highest BCUT2D eigenvalue weighted by Crippen LogP contribution is 2.28. The summed E-state index contributed by atoms with van der Waals surface area (Å²) in [5.41, 5.74) is 5.72. The maximum Gasteiger partial charge on any atom is 0.0118 e. The smallest absolute Gasteiger partial charge is 0.0118 e. The zero-order valence-electron chi connectivity index (χ0n) is 13.7. The standard InChI is InChI=1S/C17H36N2/c1-14(2)16(11-12-18)9-7-13-19(4)17-10-6-5-8-15(17)3/h14-17H,5-13,18H2,1-4H3. The van der Waals surface area contributed by atoms with Crippen molar-refractivity contribution < 1.29 is 0 Å². The maximum absolute atomic E-state index is 5.72. The number of nitrogens with two attached hydrogens (primary N) is 1. The molecule has 0 aromatic carbocycles. The SMILES string of the molecule is CC(C)C(CCN)CCCN(C)C1CCCCC1C. The predicted molar refractivity (Wildman–Crippen MR) is 85.3 cm³/mol. The molecular weight excluding hydrogens is 232 g/mol. The molecule has 0 spiro atoms. The van der Waals surface area contributed by atoms with E-state index >= 15 is 0 Å². The summed E-state index contributed by atoms with van der Waals surface area (Å²) in [7, 11) is 2.33. The molecule has 3 unspecified atom stereocenters. The molecular formula is C17H36N2. The highest BCUT2D eigenvalue weighted by Gasteiger charge is 2.24. The fraction of sp³-hybridized carbons (Fsp3) is 1.00. The predicted octanol–water partition coefficient (Wildman–Crippen LogP) is 3.90. The highest BCUT2D eigenvalue weighted by atomic mass is 15.1. The molecule has 0 aromatic rings. The number of nitrogens with zero attached hydrogens (tertiary/aromatic N) is 1. The summed E-state index contributed by atoms with van der Waals surface area (Å²) >= 11 is 0. The topological polar surface area (TPSA) is 29.3 Å². The van der Waals surface area contributed by atoms with Crippen molar-refractivity contribution in [2.75, 3.05) is 20.1 Å². The van der Waals surface area contributed by atoms with Crippen LogP contribution in [-0.2, 0) is 0 Å². The second-order valence-electron chi connectivity index (χ2n) is 7.03. The van der Waals surface area contributed by atoms with Gasteiger partial charge in [-0.2, -0.15) is 0 Å². The monoisotopic (exact) mass is 268 g/mol. The Morgan fingerprint density at radius 1 is 1.16 bits per heavy atom. The average molecular weight is 268 g/mol. The van der Waals surface area contributed by atoms with E-state index in [9.17, 15) is 0 Å². The van der Waals surface area contributed by atoms with Gasteiger partial charge in [0.2, 0.25) is 0 Å². The Bertz CT molecular complexity index is 227. The molecule has 0 amide bonds. The van der Waals surface area contributed by atoms with Gasteiger partial charge in [-0.25, -0.2) is 0 Å². The van der Waals surface area contributed by atoms with Crippen LogP contribution in [-0.4, -0.2) is 31.1 Å². The van der Waals surface area contributed by atoms with Crippen molar-refractivity contribution in [2.24, 2.45) is 23.5 Å². The van der Waals surface area contributed by atoms with Crippen LogP contribution in [0, 0.1) is 17.8 Å². The normalized spacial score (nSPS) is 26.1. The van der Waals surface area contributed by atoms with E-state index in [2.05, 4.69) is 32.7 Å². The van der Waals surface area contributed by atoms with E-state index in [1.807, 2.05) is 0 Å². The Morgan fingerprint density at radius 3 is 2.42 bits per heavy atom. The van der Waals surface area contributed by atoms with Gasteiger partial charge in [0.1, 0.15) is 0 Å². The van der Waals surface area contributed by atoms with Gasteiger partial charge in [-0.1, -0.05) is 33.6 Å². The molecule has 1 aliphatic rings. The molecule has 2 heteroatoms. The third kappa shape index (κ3) is 5.83. The summed E-state index contributed by atoms with van der Waals surface area (Å²) in [5, 5.41) is 0. The van der Waals surface area contributed by atoms with Gasteiger partial charge in [-0.05, 0) is 70.0 Å². The first kappa shape index (κ1) is 17.0. The fourth-order valence-corrected chi connectivity index (χ4v) is 3.75. The van der Waals surface area contributed by atoms with Gasteiger partial charge >= 0.3 is 0 Å². The van der Waals surface area contributed by atoms with Crippen LogP contribution in [0.2, 0.25) is 0 Å². The Kier molecular flexibility index (Phi) is 8.01. The lowest BCUT2D eigenvalue weighted by Gasteiger charge is -2.36. The summed E-state index contributed by atoms with van der Waals surface area (Å²) in [4.78, 5) is 2.63. The van der Waals surface area contributed by atoms with Crippen LogP contribution in [0.25, 0.3) is 0 Å². The van der Waals surface area contributed by atoms with E-state index in [0.29, 0.717) is 0 Å². The van der Waals surface area contributed by atoms with Crippen LogP contribution in [0.3, 0.4) is 0 Å². The van der Waals surface area contributed by atoms with Gasteiger partial charge in [-0.15, -0.1) is 0 Å². The lowest BCUT2D eigenvalue weighted by Crippen LogP contribution is -2.39. The molecule has 0 bridgehead atoms. The molecule has 1 fully saturated rings. The molecule has 0 aliphatic heterocycles. The minimum Gasteiger partial charge on any atom is -0.330 e. The van der Waals surface area contributed by atoms with Crippen LogP contribution in [0.5, 0.6) is 0 Å². The minimum atomic E-state index is 0.780. The zero-order chi connectivity index (χ0) is 14.3. The van der Waals surface area contributed by atoms with Crippen molar-refractivity contribution >= 4 is 0 Å². The molecule has 2 N–H and O–H groups in total. The summed E-state index contributed by atoms with van der Waals surface area (Å²) in [6.07, 6.45) is 9.59. The molecule has 114 valence electrons. The van der Waals surface area contributed by atoms with Gasteiger partial charge in [0.15, 0.2) is 0 Å². The van der Waals surface area contributed by atoms with Crippen LogP contribution < -0.4 is 5.73 Å². The van der Waals surface area contributed by atoms with Crippen molar-refractivity contribution in [1.29, 1.82) is 0 Å². The van der Waals surface area contributed by atoms with E-state index in [4.69, 9.17) is 5.73 Å². The summed E-state index contributed by atoms with van der Waals surface area (Å²) < 4.78 is 0. The molecule has 0 saturated heterocycles. The molecule has 1 rings (SSSR count). The number of hydrogen-bond donors (Lipinski definition) is 1. The first-order valence-corrected chi connectivity index (χ1v) is 8.46. The number of rotatable bonds is 8. The highest BCUT2D eigenvalue weighted by molar-refractivity contribution is 4.79. The minimum absolute atomic E-state index is 0.780. The Balaban J connectivity index is 2.26. The maximum atomic E-state index is 5.72. The van der Waals surface area contributed by atoms with Gasteiger partial charge in [0, 0.05) is 6.04 Å². The lowest BCUT2D eigenvalue weighted by molar-refractivity contribution is 0.134. The molecule has 1 aliphatic carbocycles. The number of hydrogen-bond acceptors (Lipinski definition) is 2. The van der Waals surface area contributed by atoms with Crippen LogP contribution in [0.4, 0.5) is 0 Å². The van der Waals surface area contributed by atoms with Crippen molar-refractivity contribution in [1.82, 2.24) is 4.90 Å². The summed E-state index contributed by atoms with van der Waals surface area (Å²) in [5.74, 6) is 2.49. The van der Waals surface area contributed by atoms with E-state index in [1.165, 1.54) is 51.5 Å². The van der Waals surface area contributed by atoms with Gasteiger partial charge in [-0.3, -0.25) is 0 Å². The van der Waals surface area contributed by atoms with Crippen LogP contribution >= 0.6 is 0 Å². The van der Waals surface area contributed by atoms with E-state index in [-0.39, 0.29) is 0 Å². The van der Waals surface area contributed by atoms with E-state index in [0.717, 1.165) is 30.3 Å².